The second-order valence-corrected chi connectivity index (χ2v) is 11.7. The summed E-state index contributed by atoms with van der Waals surface area (Å²) in [6.07, 6.45) is 5.22. The van der Waals surface area contributed by atoms with Crippen LogP contribution < -0.4 is 4.90 Å². The fourth-order valence-electron chi connectivity index (χ4n) is 5.60. The molecule has 1 saturated heterocycles. The molecule has 0 spiro atoms. The van der Waals surface area contributed by atoms with E-state index in [9.17, 15) is 14.7 Å². The van der Waals surface area contributed by atoms with Crippen molar-refractivity contribution in [3.63, 3.8) is 0 Å². The van der Waals surface area contributed by atoms with Gasteiger partial charge in [-0.2, -0.15) is 0 Å². The van der Waals surface area contributed by atoms with Gasteiger partial charge in [0.15, 0.2) is 0 Å². The Balaban J connectivity index is 1.45. The number of hydrogen-bond acceptors (Lipinski definition) is 5. The predicted octanol–water partition coefficient (Wildman–Crippen LogP) is 6.99. The molecule has 1 unspecified atom stereocenters. The highest BCUT2D eigenvalue weighted by atomic mass is 35.5. The number of benzene rings is 3. The van der Waals surface area contributed by atoms with E-state index in [2.05, 4.69) is 28.9 Å². The average molecular weight is 618 g/mol. The zero-order valence-corrected chi connectivity index (χ0v) is 25.6. The Morgan fingerprint density at radius 3 is 2.35 bits per heavy atom. The van der Waals surface area contributed by atoms with Gasteiger partial charge in [0.25, 0.3) is 5.91 Å². The van der Waals surface area contributed by atoms with Crippen LogP contribution in [0.4, 0.5) is 5.95 Å². The number of carboxylic acids is 1. The van der Waals surface area contributed by atoms with Crippen LogP contribution in [-0.2, 0) is 24.1 Å². The Hall–Kier alpha value is -3.94. The molecule has 3 aromatic carbocycles. The monoisotopic (exact) mass is 616 g/mol. The van der Waals surface area contributed by atoms with Crippen molar-refractivity contribution in [1.82, 2.24) is 14.9 Å². The lowest BCUT2D eigenvalue weighted by Gasteiger charge is -2.27. The zero-order chi connectivity index (χ0) is 30.3. The molecule has 1 fully saturated rings. The van der Waals surface area contributed by atoms with Crippen molar-refractivity contribution < 1.29 is 14.7 Å². The lowest BCUT2D eigenvalue weighted by molar-refractivity contribution is -0.137. The highest BCUT2D eigenvalue weighted by Gasteiger charge is 2.30. The standard InChI is InChI=1S/C34H34Cl2N4O3/c1-23-5-2-3-6-25(23)12-17-30-29(33(43)39(22-32(41)42)20-18-24-8-13-27(35)14-9-24)21-37-34(38-30)40-19-4-7-31(40)26-10-15-28(36)16-11-26/h2-3,5-6,8-11,13-16,21,31H,4,7,12,17-20,22H2,1H3,(H,41,42). The minimum absolute atomic E-state index is 0.103. The summed E-state index contributed by atoms with van der Waals surface area (Å²) in [5.41, 5.74) is 5.39. The summed E-state index contributed by atoms with van der Waals surface area (Å²) >= 11 is 12.2. The van der Waals surface area contributed by atoms with Crippen LogP contribution in [0, 0.1) is 6.92 Å². The molecule has 1 aromatic heterocycles. The molecule has 222 valence electrons. The molecule has 1 atom stereocenters. The first-order valence-electron chi connectivity index (χ1n) is 14.5. The molecule has 0 bridgehead atoms. The van der Waals surface area contributed by atoms with Crippen LogP contribution in [0.5, 0.6) is 0 Å². The maximum atomic E-state index is 13.9. The number of carbonyl (C=O) groups excluding carboxylic acids is 1. The van der Waals surface area contributed by atoms with Crippen LogP contribution in [0.1, 0.15) is 57.2 Å². The molecule has 1 amide bonds. The molecule has 1 aliphatic rings. The van der Waals surface area contributed by atoms with Gasteiger partial charge in [-0.25, -0.2) is 9.97 Å². The summed E-state index contributed by atoms with van der Waals surface area (Å²) in [6.45, 7) is 2.68. The Labute approximate surface area is 262 Å². The molecular formula is C34H34Cl2N4O3. The third kappa shape index (κ3) is 7.72. The fraction of sp³-hybridized carbons (Fsp3) is 0.294. The molecule has 0 saturated carbocycles. The van der Waals surface area contributed by atoms with Crippen molar-refractivity contribution >= 4 is 41.0 Å². The SMILES string of the molecule is Cc1ccccc1CCc1nc(N2CCCC2c2ccc(Cl)cc2)ncc1C(=O)N(CCc1ccc(Cl)cc1)CC(=O)O. The van der Waals surface area contributed by atoms with Gasteiger partial charge in [0, 0.05) is 29.3 Å². The number of aliphatic carboxylic acids is 1. The third-order valence-corrected chi connectivity index (χ3v) is 8.44. The van der Waals surface area contributed by atoms with Gasteiger partial charge in [0.05, 0.1) is 17.3 Å². The van der Waals surface area contributed by atoms with E-state index in [1.165, 1.54) is 16.0 Å². The third-order valence-electron chi connectivity index (χ3n) is 7.94. The molecule has 1 N–H and O–H groups in total. The summed E-state index contributed by atoms with van der Waals surface area (Å²) in [6, 6.07) is 23.4. The molecule has 43 heavy (non-hydrogen) atoms. The number of rotatable bonds is 11. The van der Waals surface area contributed by atoms with E-state index in [1.54, 1.807) is 18.3 Å². The van der Waals surface area contributed by atoms with Crippen molar-refractivity contribution in [2.24, 2.45) is 0 Å². The maximum absolute atomic E-state index is 13.9. The maximum Gasteiger partial charge on any atom is 0.323 e. The van der Waals surface area contributed by atoms with E-state index in [0.717, 1.165) is 30.5 Å². The molecule has 0 radical (unpaired) electrons. The van der Waals surface area contributed by atoms with Crippen LogP contribution in [0.15, 0.2) is 79.0 Å². The normalized spacial score (nSPS) is 14.6. The van der Waals surface area contributed by atoms with E-state index in [0.29, 0.717) is 46.5 Å². The van der Waals surface area contributed by atoms with Crippen molar-refractivity contribution in [2.75, 3.05) is 24.5 Å². The van der Waals surface area contributed by atoms with Crippen molar-refractivity contribution in [3.05, 3.63) is 123 Å². The van der Waals surface area contributed by atoms with E-state index in [1.807, 2.05) is 48.5 Å². The summed E-state index contributed by atoms with van der Waals surface area (Å²) in [5.74, 6) is -0.899. The summed E-state index contributed by atoms with van der Waals surface area (Å²) in [5, 5.41) is 11.0. The summed E-state index contributed by atoms with van der Waals surface area (Å²) < 4.78 is 0. The topological polar surface area (TPSA) is 86.6 Å². The Kier molecular flexibility index (Phi) is 9.95. The van der Waals surface area contributed by atoms with Crippen LogP contribution in [-0.4, -0.2) is 51.5 Å². The smallest absolute Gasteiger partial charge is 0.323 e. The first-order valence-corrected chi connectivity index (χ1v) is 15.2. The van der Waals surface area contributed by atoms with Gasteiger partial charge in [0.2, 0.25) is 5.95 Å². The predicted molar refractivity (Wildman–Crippen MR) is 170 cm³/mol. The second kappa shape index (κ2) is 14.0. The van der Waals surface area contributed by atoms with Crippen molar-refractivity contribution in [3.8, 4) is 0 Å². The molecule has 1 aliphatic heterocycles. The second-order valence-electron chi connectivity index (χ2n) is 10.9. The fourth-order valence-corrected chi connectivity index (χ4v) is 5.85. The Morgan fingerprint density at radius 2 is 1.65 bits per heavy atom. The van der Waals surface area contributed by atoms with Crippen LogP contribution in [0.3, 0.4) is 0 Å². The largest absolute Gasteiger partial charge is 0.480 e. The Bertz CT molecular complexity index is 1580. The first kappa shape index (κ1) is 30.5. The van der Waals surface area contributed by atoms with E-state index < -0.39 is 18.4 Å². The van der Waals surface area contributed by atoms with Gasteiger partial charge in [-0.1, -0.05) is 71.7 Å². The van der Waals surface area contributed by atoms with Crippen LogP contribution >= 0.6 is 23.2 Å². The van der Waals surface area contributed by atoms with E-state index in [-0.39, 0.29) is 12.6 Å². The molecule has 4 aromatic rings. The number of aromatic nitrogens is 2. The van der Waals surface area contributed by atoms with Gasteiger partial charge in [0.1, 0.15) is 6.54 Å². The van der Waals surface area contributed by atoms with E-state index >= 15 is 0 Å². The quantitative estimate of drug-likeness (QED) is 0.195. The number of amides is 1. The van der Waals surface area contributed by atoms with Crippen molar-refractivity contribution in [2.45, 2.75) is 45.1 Å². The van der Waals surface area contributed by atoms with E-state index in [4.69, 9.17) is 28.2 Å². The average Bonchev–Trinajstić information content (AvgIpc) is 3.49. The Morgan fingerprint density at radius 1 is 0.953 bits per heavy atom. The highest BCUT2D eigenvalue weighted by Crippen LogP contribution is 2.35. The van der Waals surface area contributed by atoms with Crippen LogP contribution in [0.2, 0.25) is 10.0 Å². The van der Waals surface area contributed by atoms with Crippen LogP contribution in [0.25, 0.3) is 0 Å². The molecule has 0 aliphatic carbocycles. The molecule has 9 heteroatoms. The first-order chi connectivity index (χ1) is 20.8. The number of nitrogens with zero attached hydrogens (tertiary/aromatic N) is 4. The highest BCUT2D eigenvalue weighted by molar-refractivity contribution is 6.30. The number of halogens is 2. The van der Waals surface area contributed by atoms with Gasteiger partial charge >= 0.3 is 5.97 Å². The molecule has 7 nitrogen and oxygen atoms in total. The van der Waals surface area contributed by atoms with Gasteiger partial charge in [-0.3, -0.25) is 9.59 Å². The number of aryl methyl sites for hydroxylation is 3. The van der Waals surface area contributed by atoms with Gasteiger partial charge in [-0.15, -0.1) is 0 Å². The number of hydrogen-bond donors (Lipinski definition) is 1. The molecule has 2 heterocycles. The van der Waals surface area contributed by atoms with Gasteiger partial charge < -0.3 is 14.9 Å². The number of anilines is 1. The van der Waals surface area contributed by atoms with Crippen molar-refractivity contribution in [1.29, 1.82) is 0 Å². The minimum atomic E-state index is -1.08. The molecule has 5 rings (SSSR count). The number of carboxylic acid groups (broad SMARTS) is 1. The lowest BCUT2D eigenvalue weighted by Crippen LogP contribution is -2.38. The van der Waals surface area contributed by atoms with Gasteiger partial charge in [-0.05, 0) is 85.5 Å². The zero-order valence-electron chi connectivity index (χ0n) is 24.0. The summed E-state index contributed by atoms with van der Waals surface area (Å²) in [4.78, 5) is 38.9. The summed E-state index contributed by atoms with van der Waals surface area (Å²) in [7, 11) is 0. The number of carbonyl (C=O) groups is 2. The minimum Gasteiger partial charge on any atom is -0.480 e. The lowest BCUT2D eigenvalue weighted by atomic mass is 10.0. The molecular weight excluding hydrogens is 583 g/mol.